The van der Waals surface area contributed by atoms with E-state index in [0.717, 1.165) is 4.47 Å². The van der Waals surface area contributed by atoms with Gasteiger partial charge in [0.1, 0.15) is 5.82 Å². The number of hydrogen-bond acceptors (Lipinski definition) is 2. The summed E-state index contributed by atoms with van der Waals surface area (Å²) < 4.78 is 14.4. The van der Waals surface area contributed by atoms with Crippen LogP contribution in [0.2, 0.25) is 5.02 Å². The summed E-state index contributed by atoms with van der Waals surface area (Å²) in [7, 11) is 0. The van der Waals surface area contributed by atoms with Gasteiger partial charge in [0.05, 0.1) is 5.02 Å². The van der Waals surface area contributed by atoms with Crippen LogP contribution in [0.5, 0.6) is 0 Å². The van der Waals surface area contributed by atoms with Crippen molar-refractivity contribution in [3.8, 4) is 0 Å². The van der Waals surface area contributed by atoms with Gasteiger partial charge in [-0.2, -0.15) is 11.3 Å². The normalized spacial score (nSPS) is 10.5. The van der Waals surface area contributed by atoms with Crippen LogP contribution in [0.25, 0.3) is 0 Å². The van der Waals surface area contributed by atoms with Crippen LogP contribution in [0.1, 0.15) is 15.9 Å². The van der Waals surface area contributed by atoms with E-state index < -0.39 is 5.82 Å². The van der Waals surface area contributed by atoms with Crippen molar-refractivity contribution in [3.05, 3.63) is 55.4 Å². The Morgan fingerprint density at radius 2 is 2.18 bits per heavy atom. The van der Waals surface area contributed by atoms with Gasteiger partial charge in [-0.1, -0.05) is 23.7 Å². The van der Waals surface area contributed by atoms with Crippen LogP contribution < -0.4 is 0 Å². The van der Waals surface area contributed by atoms with Crippen LogP contribution in [0.3, 0.4) is 0 Å². The molecule has 1 aromatic carbocycles. The smallest absolute Gasteiger partial charge is 0.169 e. The number of ketones is 1. The highest BCUT2D eigenvalue weighted by molar-refractivity contribution is 9.10. The maximum Gasteiger partial charge on any atom is 0.169 e. The topological polar surface area (TPSA) is 17.1 Å². The molecule has 1 heterocycles. The van der Waals surface area contributed by atoms with E-state index >= 15 is 0 Å². The van der Waals surface area contributed by atoms with Gasteiger partial charge >= 0.3 is 0 Å². The minimum Gasteiger partial charge on any atom is -0.294 e. The van der Waals surface area contributed by atoms with Crippen molar-refractivity contribution in [1.82, 2.24) is 0 Å². The van der Waals surface area contributed by atoms with E-state index in [1.54, 1.807) is 17.5 Å². The highest BCUT2D eigenvalue weighted by atomic mass is 79.9. The van der Waals surface area contributed by atoms with Crippen molar-refractivity contribution in [2.75, 3.05) is 0 Å². The molecule has 0 saturated heterocycles. The number of hydrogen-bond donors (Lipinski definition) is 0. The zero-order valence-electron chi connectivity index (χ0n) is 8.54. The Morgan fingerprint density at radius 3 is 2.82 bits per heavy atom. The maximum absolute atomic E-state index is 13.6. The minimum absolute atomic E-state index is 0.0156. The standard InChI is InChI=1S/C12H7BrClFOS/c13-9-6-17-5-8(9)11(16)4-7-2-1-3-10(14)12(7)15/h1-3,5-6H,4H2. The second-order valence-electron chi connectivity index (χ2n) is 3.45. The first-order chi connectivity index (χ1) is 8.09. The van der Waals surface area contributed by atoms with Crippen molar-refractivity contribution < 1.29 is 9.18 Å². The molecule has 0 spiro atoms. The molecular formula is C12H7BrClFOS. The van der Waals surface area contributed by atoms with Crippen molar-refractivity contribution in [3.63, 3.8) is 0 Å². The molecule has 0 bridgehead atoms. The molecule has 0 aliphatic rings. The first kappa shape index (κ1) is 12.7. The van der Waals surface area contributed by atoms with Crippen LogP contribution in [-0.2, 0) is 6.42 Å². The quantitative estimate of drug-likeness (QED) is 0.742. The molecule has 0 radical (unpaired) electrons. The van der Waals surface area contributed by atoms with E-state index in [4.69, 9.17) is 11.6 Å². The third-order valence-electron chi connectivity index (χ3n) is 2.30. The number of rotatable bonds is 3. The van der Waals surface area contributed by atoms with E-state index in [-0.39, 0.29) is 17.2 Å². The van der Waals surface area contributed by atoms with E-state index in [2.05, 4.69) is 15.9 Å². The molecule has 17 heavy (non-hydrogen) atoms. The second-order valence-corrected chi connectivity index (χ2v) is 5.45. The highest BCUT2D eigenvalue weighted by Gasteiger charge is 2.15. The monoisotopic (exact) mass is 332 g/mol. The Labute approximate surface area is 115 Å². The molecule has 0 saturated carbocycles. The lowest BCUT2D eigenvalue weighted by Gasteiger charge is -2.03. The molecular weight excluding hydrogens is 327 g/mol. The summed E-state index contributed by atoms with van der Waals surface area (Å²) in [5.74, 6) is -0.645. The Bertz CT molecular complexity index is 567. The zero-order chi connectivity index (χ0) is 12.4. The molecule has 1 aromatic heterocycles. The molecule has 2 rings (SSSR count). The molecule has 0 aliphatic heterocycles. The summed E-state index contributed by atoms with van der Waals surface area (Å²) in [6.45, 7) is 0. The van der Waals surface area contributed by atoms with Gasteiger partial charge in [0.25, 0.3) is 0 Å². The molecule has 0 amide bonds. The Balaban J connectivity index is 2.25. The summed E-state index contributed by atoms with van der Waals surface area (Å²) in [4.78, 5) is 11.9. The van der Waals surface area contributed by atoms with Gasteiger partial charge in [-0.25, -0.2) is 4.39 Å². The SMILES string of the molecule is O=C(Cc1cccc(Cl)c1F)c1cscc1Br. The van der Waals surface area contributed by atoms with Gasteiger partial charge in [-0.05, 0) is 27.6 Å². The predicted octanol–water partition coefficient (Wildman–Crippen LogP) is 4.73. The third-order valence-corrected chi connectivity index (χ3v) is 4.29. The van der Waals surface area contributed by atoms with E-state index in [9.17, 15) is 9.18 Å². The molecule has 0 N–H and O–H groups in total. The van der Waals surface area contributed by atoms with Crippen LogP contribution in [-0.4, -0.2) is 5.78 Å². The Morgan fingerprint density at radius 1 is 1.41 bits per heavy atom. The first-order valence-electron chi connectivity index (χ1n) is 4.77. The van der Waals surface area contributed by atoms with Crippen LogP contribution in [0.4, 0.5) is 4.39 Å². The molecule has 1 nitrogen and oxygen atoms in total. The largest absolute Gasteiger partial charge is 0.294 e. The number of carbonyl (C=O) groups excluding carboxylic acids is 1. The number of carbonyl (C=O) groups is 1. The van der Waals surface area contributed by atoms with Crippen molar-refractivity contribution in [2.45, 2.75) is 6.42 Å². The molecule has 0 fully saturated rings. The summed E-state index contributed by atoms with van der Waals surface area (Å²) in [5, 5.41) is 3.61. The lowest BCUT2D eigenvalue weighted by molar-refractivity contribution is 0.0991. The average molecular weight is 334 g/mol. The predicted molar refractivity (Wildman–Crippen MR) is 71.5 cm³/mol. The average Bonchev–Trinajstić information content (AvgIpc) is 2.71. The second kappa shape index (κ2) is 5.29. The summed E-state index contributed by atoms with van der Waals surface area (Å²) in [6, 6.07) is 4.67. The Kier molecular flexibility index (Phi) is 3.97. The third kappa shape index (κ3) is 2.76. The number of halogens is 3. The van der Waals surface area contributed by atoms with Crippen LogP contribution >= 0.6 is 38.9 Å². The highest BCUT2D eigenvalue weighted by Crippen LogP contribution is 2.24. The van der Waals surface area contributed by atoms with Crippen LogP contribution in [0, 0.1) is 5.82 Å². The van der Waals surface area contributed by atoms with Crippen molar-refractivity contribution >= 4 is 44.7 Å². The Hall–Kier alpha value is -0.710. The molecule has 88 valence electrons. The van der Waals surface area contributed by atoms with Gasteiger partial charge in [0.15, 0.2) is 5.78 Å². The van der Waals surface area contributed by atoms with E-state index in [1.807, 2.05) is 5.38 Å². The number of thiophene rings is 1. The summed E-state index contributed by atoms with van der Waals surface area (Å²) >= 11 is 10.4. The fraction of sp³-hybridized carbons (Fsp3) is 0.0833. The molecule has 0 aliphatic carbocycles. The van der Waals surface area contributed by atoms with Gasteiger partial charge < -0.3 is 0 Å². The fourth-order valence-corrected chi connectivity index (χ4v) is 3.15. The van der Waals surface area contributed by atoms with Gasteiger partial charge in [-0.15, -0.1) is 0 Å². The zero-order valence-corrected chi connectivity index (χ0v) is 11.7. The number of Topliss-reactive ketones (excluding diaryl/α,β-unsaturated/α-hetero) is 1. The number of benzene rings is 1. The van der Waals surface area contributed by atoms with E-state index in [1.165, 1.54) is 17.4 Å². The first-order valence-corrected chi connectivity index (χ1v) is 6.88. The summed E-state index contributed by atoms with van der Waals surface area (Å²) in [5.41, 5.74) is 0.898. The molecule has 0 atom stereocenters. The fourth-order valence-electron chi connectivity index (χ4n) is 1.43. The summed E-state index contributed by atoms with van der Waals surface area (Å²) in [6.07, 6.45) is 0.0156. The lowest BCUT2D eigenvalue weighted by atomic mass is 10.1. The van der Waals surface area contributed by atoms with Gasteiger partial charge in [0.2, 0.25) is 0 Å². The van der Waals surface area contributed by atoms with E-state index in [0.29, 0.717) is 11.1 Å². The van der Waals surface area contributed by atoms with Gasteiger partial charge in [-0.3, -0.25) is 4.79 Å². The lowest BCUT2D eigenvalue weighted by Crippen LogP contribution is -2.04. The molecule has 0 unspecified atom stereocenters. The van der Waals surface area contributed by atoms with Crippen molar-refractivity contribution in [1.29, 1.82) is 0 Å². The minimum atomic E-state index is -0.520. The van der Waals surface area contributed by atoms with Crippen molar-refractivity contribution in [2.24, 2.45) is 0 Å². The van der Waals surface area contributed by atoms with Crippen LogP contribution in [0.15, 0.2) is 33.4 Å². The molecule has 2 aromatic rings. The molecule has 5 heteroatoms. The maximum atomic E-state index is 13.6. The van der Waals surface area contributed by atoms with Gasteiger partial charge in [0, 0.05) is 27.2 Å².